The first-order chi connectivity index (χ1) is 9.54. The number of rotatable bonds is 4. The highest BCUT2D eigenvalue weighted by molar-refractivity contribution is 6.07. The first-order valence-electron chi connectivity index (χ1n) is 5.72. The van der Waals surface area contributed by atoms with Gasteiger partial charge in [0.05, 0.1) is 12.2 Å². The summed E-state index contributed by atoms with van der Waals surface area (Å²) in [6.45, 7) is 5.33. The van der Waals surface area contributed by atoms with Crippen LogP contribution in [-0.2, 0) is 9.53 Å². The zero-order chi connectivity index (χ0) is 15.1. The number of hydrogen-bond donors (Lipinski definition) is 0. The second kappa shape index (κ2) is 6.86. The predicted octanol–water partition coefficient (Wildman–Crippen LogP) is 2.75. The van der Waals surface area contributed by atoms with Crippen molar-refractivity contribution in [1.29, 1.82) is 10.5 Å². The van der Waals surface area contributed by atoms with Crippen LogP contribution in [0.3, 0.4) is 0 Å². The highest BCUT2D eigenvalue weighted by Crippen LogP contribution is 2.26. The smallest absolute Gasteiger partial charge is 0.338 e. The van der Waals surface area contributed by atoms with Crippen LogP contribution >= 0.6 is 0 Å². The largest absolute Gasteiger partial charge is 0.462 e. The van der Waals surface area contributed by atoms with Crippen molar-refractivity contribution >= 4 is 11.5 Å². The van der Waals surface area contributed by atoms with Gasteiger partial charge in [-0.15, -0.1) is 0 Å². The van der Waals surface area contributed by atoms with Gasteiger partial charge in [-0.25, -0.2) is 9.18 Å². The third kappa shape index (κ3) is 3.30. The lowest BCUT2D eigenvalue weighted by atomic mass is 9.94. The highest BCUT2D eigenvalue weighted by atomic mass is 19.1. The molecule has 0 aliphatic carbocycles. The SMILES string of the molecule is C=C(C(=O)OCC)C(=C(C#N)C#N)c1ccc(F)cc1. The Balaban J connectivity index is 3.40. The molecule has 5 heteroatoms. The lowest BCUT2D eigenvalue weighted by Crippen LogP contribution is -2.09. The molecule has 0 saturated heterocycles. The van der Waals surface area contributed by atoms with Gasteiger partial charge in [-0.3, -0.25) is 0 Å². The molecule has 4 nitrogen and oxygen atoms in total. The third-order valence-corrected chi connectivity index (χ3v) is 2.43. The van der Waals surface area contributed by atoms with Crippen LogP contribution in [0.5, 0.6) is 0 Å². The molecule has 0 aliphatic rings. The second-order valence-corrected chi connectivity index (χ2v) is 3.68. The van der Waals surface area contributed by atoms with E-state index >= 15 is 0 Å². The Morgan fingerprint density at radius 2 is 1.85 bits per heavy atom. The average molecular weight is 270 g/mol. The molecule has 0 amide bonds. The lowest BCUT2D eigenvalue weighted by molar-refractivity contribution is -0.137. The maximum absolute atomic E-state index is 12.9. The maximum Gasteiger partial charge on any atom is 0.338 e. The molecular weight excluding hydrogens is 259 g/mol. The van der Waals surface area contributed by atoms with Gasteiger partial charge in [-0.2, -0.15) is 10.5 Å². The van der Waals surface area contributed by atoms with E-state index < -0.39 is 11.8 Å². The first kappa shape index (κ1) is 15.1. The molecule has 0 N–H and O–H groups in total. The van der Waals surface area contributed by atoms with E-state index in [0.29, 0.717) is 5.56 Å². The number of hydrogen-bond acceptors (Lipinski definition) is 4. The van der Waals surface area contributed by atoms with Gasteiger partial charge in [0.2, 0.25) is 0 Å². The van der Waals surface area contributed by atoms with Crippen LogP contribution < -0.4 is 0 Å². The van der Waals surface area contributed by atoms with Crippen LogP contribution in [0.4, 0.5) is 4.39 Å². The van der Waals surface area contributed by atoms with Crippen LogP contribution in [0.1, 0.15) is 12.5 Å². The van der Waals surface area contributed by atoms with Crippen LogP contribution in [0, 0.1) is 28.5 Å². The Hall–Kier alpha value is -2.92. The summed E-state index contributed by atoms with van der Waals surface area (Å²) in [4.78, 5) is 11.7. The van der Waals surface area contributed by atoms with E-state index in [-0.39, 0.29) is 23.3 Å². The molecule has 0 bridgehead atoms. The molecule has 20 heavy (non-hydrogen) atoms. The molecule has 1 aromatic carbocycles. The molecule has 0 unspecified atom stereocenters. The average Bonchev–Trinajstić information content (AvgIpc) is 2.45. The summed E-state index contributed by atoms with van der Waals surface area (Å²) >= 11 is 0. The Morgan fingerprint density at radius 3 is 2.30 bits per heavy atom. The van der Waals surface area contributed by atoms with Crippen molar-refractivity contribution in [3.8, 4) is 12.1 Å². The number of allylic oxidation sites excluding steroid dienone is 1. The number of nitriles is 2. The van der Waals surface area contributed by atoms with E-state index in [1.54, 1.807) is 19.1 Å². The monoisotopic (exact) mass is 270 g/mol. The first-order valence-corrected chi connectivity index (χ1v) is 5.72. The van der Waals surface area contributed by atoms with Gasteiger partial charge in [0.15, 0.2) is 0 Å². The van der Waals surface area contributed by atoms with Gasteiger partial charge in [0, 0.05) is 5.57 Å². The number of ether oxygens (including phenoxy) is 1. The minimum Gasteiger partial charge on any atom is -0.462 e. The van der Waals surface area contributed by atoms with E-state index in [0.717, 1.165) is 0 Å². The molecule has 0 atom stereocenters. The van der Waals surface area contributed by atoms with Gasteiger partial charge < -0.3 is 4.74 Å². The molecule has 0 spiro atoms. The Kier molecular flexibility index (Phi) is 5.20. The van der Waals surface area contributed by atoms with Gasteiger partial charge in [0.1, 0.15) is 23.5 Å². The van der Waals surface area contributed by atoms with Gasteiger partial charge >= 0.3 is 5.97 Å². The van der Waals surface area contributed by atoms with Gasteiger partial charge in [0.25, 0.3) is 0 Å². The highest BCUT2D eigenvalue weighted by Gasteiger charge is 2.19. The molecular formula is C15H11FN2O2. The van der Waals surface area contributed by atoms with Crippen LogP contribution in [0.25, 0.3) is 5.57 Å². The standard InChI is InChI=1S/C15H11FN2O2/c1-3-20-15(19)10(2)14(12(8-17)9-18)11-4-6-13(16)7-5-11/h4-7H,2-3H2,1H3. The van der Waals surface area contributed by atoms with Crippen LogP contribution in [-0.4, -0.2) is 12.6 Å². The van der Waals surface area contributed by atoms with Crippen molar-refractivity contribution in [2.45, 2.75) is 6.92 Å². The summed E-state index contributed by atoms with van der Waals surface area (Å²) < 4.78 is 17.7. The maximum atomic E-state index is 12.9. The Morgan fingerprint density at radius 1 is 1.30 bits per heavy atom. The summed E-state index contributed by atoms with van der Waals surface area (Å²) in [5, 5.41) is 18.0. The van der Waals surface area contributed by atoms with E-state index in [2.05, 4.69) is 6.58 Å². The van der Waals surface area contributed by atoms with E-state index in [1.165, 1.54) is 24.3 Å². The molecule has 0 aromatic heterocycles. The number of carbonyl (C=O) groups excluding carboxylic acids is 1. The fourth-order valence-electron chi connectivity index (χ4n) is 1.54. The molecule has 0 heterocycles. The molecule has 0 aliphatic heterocycles. The van der Waals surface area contributed by atoms with Crippen molar-refractivity contribution in [3.05, 3.63) is 53.4 Å². The van der Waals surface area contributed by atoms with Crippen molar-refractivity contribution in [1.82, 2.24) is 0 Å². The van der Waals surface area contributed by atoms with Gasteiger partial charge in [-0.05, 0) is 24.6 Å². The van der Waals surface area contributed by atoms with Crippen molar-refractivity contribution in [2.75, 3.05) is 6.61 Å². The minimum atomic E-state index is -0.727. The van der Waals surface area contributed by atoms with E-state index in [9.17, 15) is 9.18 Å². The molecule has 1 aromatic rings. The summed E-state index contributed by atoms with van der Waals surface area (Å²) in [5.74, 6) is -1.19. The summed E-state index contributed by atoms with van der Waals surface area (Å²) in [7, 11) is 0. The fourth-order valence-corrected chi connectivity index (χ4v) is 1.54. The van der Waals surface area contributed by atoms with E-state index in [1.807, 2.05) is 0 Å². The summed E-state index contributed by atoms with van der Waals surface area (Å²) in [5.41, 5.74) is 0.00206. The molecule has 100 valence electrons. The number of carbonyl (C=O) groups is 1. The van der Waals surface area contributed by atoms with Crippen LogP contribution in [0.2, 0.25) is 0 Å². The van der Waals surface area contributed by atoms with Gasteiger partial charge in [-0.1, -0.05) is 18.7 Å². The molecule has 0 fully saturated rings. The predicted molar refractivity (Wildman–Crippen MR) is 70.3 cm³/mol. The Labute approximate surface area is 116 Å². The number of halogens is 1. The normalized spacial score (nSPS) is 9.00. The zero-order valence-electron chi connectivity index (χ0n) is 10.8. The quantitative estimate of drug-likeness (QED) is 0.365. The number of benzene rings is 1. The fraction of sp³-hybridized carbons (Fsp3) is 0.133. The minimum absolute atomic E-state index is 0.0495. The molecule has 0 radical (unpaired) electrons. The van der Waals surface area contributed by atoms with E-state index in [4.69, 9.17) is 15.3 Å². The number of nitrogens with zero attached hydrogens (tertiary/aromatic N) is 2. The number of esters is 1. The summed E-state index contributed by atoms with van der Waals surface area (Å²) in [6.07, 6.45) is 0. The topological polar surface area (TPSA) is 73.9 Å². The lowest BCUT2D eigenvalue weighted by Gasteiger charge is -2.10. The Bertz CT molecular complexity index is 630. The van der Waals surface area contributed by atoms with Crippen molar-refractivity contribution < 1.29 is 13.9 Å². The van der Waals surface area contributed by atoms with Crippen LogP contribution in [0.15, 0.2) is 42.0 Å². The molecule has 0 saturated carbocycles. The summed E-state index contributed by atoms with van der Waals surface area (Å²) in [6, 6.07) is 8.46. The second-order valence-electron chi connectivity index (χ2n) is 3.68. The zero-order valence-corrected chi connectivity index (χ0v) is 10.8. The molecule has 1 rings (SSSR count). The van der Waals surface area contributed by atoms with Crippen molar-refractivity contribution in [2.24, 2.45) is 0 Å². The third-order valence-electron chi connectivity index (χ3n) is 2.43. The van der Waals surface area contributed by atoms with Crippen molar-refractivity contribution in [3.63, 3.8) is 0 Å².